The highest BCUT2D eigenvalue weighted by Gasteiger charge is 2.24. The molecule has 0 aromatic carbocycles. The minimum Gasteiger partial charge on any atom is -0.479 e. The molecule has 0 bridgehead atoms. The van der Waals surface area contributed by atoms with Crippen LogP contribution < -0.4 is 10.6 Å². The fourth-order valence-electron chi connectivity index (χ4n) is 1.26. The Bertz CT molecular complexity index is 331. The summed E-state index contributed by atoms with van der Waals surface area (Å²) >= 11 is 0. The number of rotatable bonds is 7. The van der Waals surface area contributed by atoms with Gasteiger partial charge in [-0.15, -0.1) is 0 Å². The minimum absolute atomic E-state index is 0.0225. The molecule has 0 aliphatic rings. The zero-order valence-corrected chi connectivity index (χ0v) is 11.2. The number of esters is 1. The molecule has 0 heterocycles. The molecule has 0 saturated heterocycles. The van der Waals surface area contributed by atoms with Gasteiger partial charge in [0.05, 0.1) is 7.11 Å². The van der Waals surface area contributed by atoms with Crippen molar-refractivity contribution in [2.24, 2.45) is 5.92 Å². The lowest BCUT2D eigenvalue weighted by molar-refractivity contribution is -0.146. The fraction of sp³-hybridized carbons (Fsp3) is 0.727. The minimum atomic E-state index is -1.53. The first-order valence-corrected chi connectivity index (χ1v) is 5.82. The third-order valence-corrected chi connectivity index (χ3v) is 2.40. The predicted molar refractivity (Wildman–Crippen MR) is 65.4 cm³/mol. The Balaban J connectivity index is 4.14. The second-order valence-corrected chi connectivity index (χ2v) is 4.29. The quantitative estimate of drug-likeness (QED) is 0.456. The molecule has 0 spiro atoms. The summed E-state index contributed by atoms with van der Waals surface area (Å²) in [5, 5.41) is 22.2. The van der Waals surface area contributed by atoms with Gasteiger partial charge in [-0.2, -0.15) is 0 Å². The number of nitrogens with one attached hydrogen (secondary N) is 2. The molecule has 8 nitrogen and oxygen atoms in total. The van der Waals surface area contributed by atoms with Gasteiger partial charge in [-0.25, -0.2) is 14.4 Å². The number of carbonyl (C=O) groups is 3. The number of carboxylic acids is 1. The molecule has 110 valence electrons. The van der Waals surface area contributed by atoms with Crippen molar-refractivity contribution < 1.29 is 29.3 Å². The third-order valence-electron chi connectivity index (χ3n) is 2.40. The molecule has 0 aliphatic heterocycles. The molecule has 0 radical (unpaired) electrons. The van der Waals surface area contributed by atoms with E-state index in [4.69, 9.17) is 10.2 Å². The zero-order chi connectivity index (χ0) is 15.0. The van der Waals surface area contributed by atoms with Crippen LogP contribution in [0.3, 0.4) is 0 Å². The Kier molecular flexibility index (Phi) is 7.50. The highest BCUT2D eigenvalue weighted by atomic mass is 16.5. The summed E-state index contributed by atoms with van der Waals surface area (Å²) in [6.45, 7) is 3.47. The predicted octanol–water partition coefficient (Wildman–Crippen LogP) is -0.681. The van der Waals surface area contributed by atoms with E-state index in [0.29, 0.717) is 0 Å². The largest absolute Gasteiger partial charge is 0.479 e. The van der Waals surface area contributed by atoms with Crippen LogP contribution in [0.5, 0.6) is 0 Å². The van der Waals surface area contributed by atoms with Gasteiger partial charge in [-0.3, -0.25) is 0 Å². The summed E-state index contributed by atoms with van der Waals surface area (Å²) in [6, 6.07) is -1.41. The van der Waals surface area contributed by atoms with Crippen molar-refractivity contribution >= 4 is 18.0 Å². The van der Waals surface area contributed by atoms with E-state index in [1.807, 2.05) is 0 Å². The van der Waals surface area contributed by atoms with Crippen molar-refractivity contribution in [2.45, 2.75) is 32.4 Å². The Morgan fingerprint density at radius 1 is 1.26 bits per heavy atom. The lowest BCUT2D eigenvalue weighted by Gasteiger charge is -2.20. The van der Waals surface area contributed by atoms with Gasteiger partial charge in [-0.1, -0.05) is 13.8 Å². The number of amides is 2. The summed E-state index contributed by atoms with van der Waals surface area (Å²) in [5.74, 6) is -2.06. The highest BCUT2D eigenvalue weighted by molar-refractivity contribution is 5.83. The SMILES string of the molecule is COC(=O)C(NC(=O)NCCC(O)C(=O)O)C(C)C. The standard InChI is InChI=1S/C11H20N2O6/c1-6(2)8(10(17)19-3)13-11(18)12-5-4-7(14)9(15)16/h6-8,14H,4-5H2,1-3H3,(H,15,16)(H2,12,13,18). The van der Waals surface area contributed by atoms with E-state index >= 15 is 0 Å². The molecule has 0 fully saturated rings. The Morgan fingerprint density at radius 2 is 1.84 bits per heavy atom. The molecule has 8 heteroatoms. The average molecular weight is 276 g/mol. The maximum absolute atomic E-state index is 11.5. The van der Waals surface area contributed by atoms with Crippen LogP contribution in [0.1, 0.15) is 20.3 Å². The van der Waals surface area contributed by atoms with Crippen molar-refractivity contribution in [3.05, 3.63) is 0 Å². The Hall–Kier alpha value is -1.83. The van der Waals surface area contributed by atoms with Gasteiger partial charge >= 0.3 is 18.0 Å². The number of urea groups is 1. The van der Waals surface area contributed by atoms with E-state index in [1.54, 1.807) is 13.8 Å². The molecule has 0 saturated carbocycles. The third kappa shape index (κ3) is 6.61. The number of hydrogen-bond acceptors (Lipinski definition) is 5. The first-order valence-electron chi connectivity index (χ1n) is 5.82. The van der Waals surface area contributed by atoms with Gasteiger partial charge in [0.15, 0.2) is 6.10 Å². The average Bonchev–Trinajstić information content (AvgIpc) is 2.34. The van der Waals surface area contributed by atoms with Crippen molar-refractivity contribution in [1.82, 2.24) is 10.6 Å². The van der Waals surface area contributed by atoms with E-state index in [9.17, 15) is 14.4 Å². The number of aliphatic hydroxyl groups excluding tert-OH is 1. The molecule has 2 atom stereocenters. The second-order valence-electron chi connectivity index (χ2n) is 4.29. The van der Waals surface area contributed by atoms with Crippen LogP contribution in [-0.2, 0) is 14.3 Å². The Labute approximate surface area is 111 Å². The molecule has 0 aromatic heterocycles. The molecule has 2 amide bonds. The van der Waals surface area contributed by atoms with Crippen LogP contribution in [0.25, 0.3) is 0 Å². The van der Waals surface area contributed by atoms with E-state index in [1.165, 1.54) is 7.11 Å². The highest BCUT2D eigenvalue weighted by Crippen LogP contribution is 2.03. The lowest BCUT2D eigenvalue weighted by atomic mass is 10.1. The number of carboxylic acid groups (broad SMARTS) is 1. The van der Waals surface area contributed by atoms with Crippen molar-refractivity contribution in [3.8, 4) is 0 Å². The van der Waals surface area contributed by atoms with Gasteiger partial charge in [-0.05, 0) is 5.92 Å². The zero-order valence-electron chi connectivity index (χ0n) is 11.2. The van der Waals surface area contributed by atoms with Gasteiger partial charge in [0.2, 0.25) is 0 Å². The first-order chi connectivity index (χ1) is 8.79. The second kappa shape index (κ2) is 8.30. The molecular formula is C11H20N2O6. The fourth-order valence-corrected chi connectivity index (χ4v) is 1.26. The Morgan fingerprint density at radius 3 is 2.26 bits per heavy atom. The number of carbonyl (C=O) groups excluding carboxylic acids is 2. The number of aliphatic hydroxyl groups is 1. The van der Waals surface area contributed by atoms with Gasteiger partial charge in [0.1, 0.15) is 6.04 Å². The molecule has 0 aliphatic carbocycles. The van der Waals surface area contributed by atoms with Crippen LogP contribution in [0.2, 0.25) is 0 Å². The van der Waals surface area contributed by atoms with Crippen LogP contribution in [0.4, 0.5) is 4.79 Å². The topological polar surface area (TPSA) is 125 Å². The van der Waals surface area contributed by atoms with Crippen LogP contribution >= 0.6 is 0 Å². The summed E-state index contributed by atoms with van der Waals surface area (Å²) in [6.07, 6.45) is -1.64. The first kappa shape index (κ1) is 17.2. The van der Waals surface area contributed by atoms with Crippen molar-refractivity contribution in [3.63, 3.8) is 0 Å². The van der Waals surface area contributed by atoms with Gasteiger partial charge in [0, 0.05) is 13.0 Å². The number of aliphatic carboxylic acids is 1. The van der Waals surface area contributed by atoms with Crippen LogP contribution in [0.15, 0.2) is 0 Å². The van der Waals surface area contributed by atoms with Crippen molar-refractivity contribution in [2.75, 3.05) is 13.7 Å². The summed E-state index contributed by atoms with van der Waals surface area (Å²) in [4.78, 5) is 33.2. The molecular weight excluding hydrogens is 256 g/mol. The summed E-state index contributed by atoms with van der Waals surface area (Å²) in [7, 11) is 1.22. The molecule has 4 N–H and O–H groups in total. The molecule has 0 rings (SSSR count). The number of hydrogen-bond donors (Lipinski definition) is 4. The smallest absolute Gasteiger partial charge is 0.332 e. The molecule has 2 unspecified atom stereocenters. The maximum Gasteiger partial charge on any atom is 0.332 e. The summed E-state index contributed by atoms with van der Waals surface area (Å²) < 4.78 is 4.55. The van der Waals surface area contributed by atoms with Gasteiger partial charge < -0.3 is 25.6 Å². The van der Waals surface area contributed by atoms with Crippen LogP contribution in [-0.4, -0.2) is 54.0 Å². The van der Waals surface area contributed by atoms with E-state index in [-0.39, 0.29) is 18.9 Å². The maximum atomic E-state index is 11.5. The van der Waals surface area contributed by atoms with Crippen molar-refractivity contribution in [1.29, 1.82) is 0 Å². The number of ether oxygens (including phenoxy) is 1. The van der Waals surface area contributed by atoms with Crippen LogP contribution in [0, 0.1) is 5.92 Å². The number of methoxy groups -OCH3 is 1. The van der Waals surface area contributed by atoms with E-state index in [0.717, 1.165) is 0 Å². The molecule has 0 aromatic rings. The normalized spacial score (nSPS) is 13.5. The molecule has 19 heavy (non-hydrogen) atoms. The monoisotopic (exact) mass is 276 g/mol. The van der Waals surface area contributed by atoms with Gasteiger partial charge in [0.25, 0.3) is 0 Å². The lowest BCUT2D eigenvalue weighted by Crippen LogP contribution is -2.49. The summed E-state index contributed by atoms with van der Waals surface area (Å²) in [5.41, 5.74) is 0. The van der Waals surface area contributed by atoms with E-state index in [2.05, 4.69) is 15.4 Å². The van der Waals surface area contributed by atoms with E-state index < -0.39 is 30.1 Å².